The normalized spacial score (nSPS) is 25.1. The van der Waals surface area contributed by atoms with Crippen LogP contribution in [0.1, 0.15) is 39.0 Å². The molecule has 1 aliphatic rings. The molecule has 2 atom stereocenters. The van der Waals surface area contributed by atoms with Crippen LogP contribution in [-0.4, -0.2) is 13.2 Å². The number of nitrogens with zero attached hydrogens (tertiary/aromatic N) is 1. The summed E-state index contributed by atoms with van der Waals surface area (Å²) >= 11 is 0. The minimum atomic E-state index is 0.659. The van der Waals surface area contributed by atoms with Crippen LogP contribution in [0.3, 0.4) is 0 Å². The Hall–Kier alpha value is -0.810. The van der Waals surface area contributed by atoms with Crippen molar-refractivity contribution in [2.45, 2.75) is 39.0 Å². The van der Waals surface area contributed by atoms with Crippen molar-refractivity contribution in [1.29, 1.82) is 5.26 Å². The topological polar surface area (TPSA) is 33.0 Å². The fraction of sp³-hybridized carbons (Fsp3) is 0.769. The molecule has 0 aromatic heterocycles. The number of hydrogen-bond acceptors (Lipinski definition) is 2. The number of hydrogen-bond donors (Lipinski definition) is 0. The largest absolute Gasteiger partial charge is 0.381 e. The van der Waals surface area contributed by atoms with Crippen LogP contribution in [0.2, 0.25) is 0 Å². The minimum Gasteiger partial charge on any atom is -0.381 e. The van der Waals surface area contributed by atoms with E-state index in [1.54, 1.807) is 0 Å². The number of allylic oxidation sites excluding steroid dienone is 2. The molecule has 2 unspecified atom stereocenters. The maximum atomic E-state index is 8.36. The van der Waals surface area contributed by atoms with E-state index in [4.69, 9.17) is 10.00 Å². The van der Waals surface area contributed by atoms with E-state index in [2.05, 4.69) is 25.1 Å². The molecule has 15 heavy (non-hydrogen) atoms. The molecule has 0 saturated heterocycles. The van der Waals surface area contributed by atoms with E-state index in [9.17, 15) is 0 Å². The lowest BCUT2D eigenvalue weighted by molar-refractivity contribution is 0.0769. The predicted octanol–water partition coefficient (Wildman–Crippen LogP) is 3.30. The molecule has 0 aromatic carbocycles. The van der Waals surface area contributed by atoms with Gasteiger partial charge in [-0.25, -0.2) is 0 Å². The van der Waals surface area contributed by atoms with Crippen LogP contribution in [-0.2, 0) is 4.74 Å². The Morgan fingerprint density at radius 3 is 2.87 bits per heavy atom. The molecule has 0 amide bonds. The van der Waals surface area contributed by atoms with E-state index in [1.165, 1.54) is 12.8 Å². The van der Waals surface area contributed by atoms with E-state index in [-0.39, 0.29) is 0 Å². The van der Waals surface area contributed by atoms with Crippen molar-refractivity contribution in [3.63, 3.8) is 0 Å². The molecule has 0 saturated carbocycles. The van der Waals surface area contributed by atoms with Crippen LogP contribution in [0.4, 0.5) is 0 Å². The van der Waals surface area contributed by atoms with Crippen LogP contribution in [0.5, 0.6) is 0 Å². The minimum absolute atomic E-state index is 0.659. The second-order valence-electron chi connectivity index (χ2n) is 4.37. The highest BCUT2D eigenvalue weighted by molar-refractivity contribution is 4.93. The molecule has 0 N–H and O–H groups in total. The average molecular weight is 207 g/mol. The third-order valence-electron chi connectivity index (χ3n) is 3.08. The molecular weight excluding hydrogens is 186 g/mol. The molecule has 1 rings (SSSR count). The van der Waals surface area contributed by atoms with E-state index < -0.39 is 0 Å². The van der Waals surface area contributed by atoms with Gasteiger partial charge < -0.3 is 4.74 Å². The van der Waals surface area contributed by atoms with Gasteiger partial charge >= 0.3 is 0 Å². The second kappa shape index (κ2) is 7.48. The first-order chi connectivity index (χ1) is 7.34. The lowest BCUT2D eigenvalue weighted by Gasteiger charge is -2.24. The fourth-order valence-corrected chi connectivity index (χ4v) is 1.88. The molecule has 0 aromatic rings. The van der Waals surface area contributed by atoms with Crippen molar-refractivity contribution in [3.8, 4) is 6.07 Å². The van der Waals surface area contributed by atoms with Crippen LogP contribution in [0.25, 0.3) is 0 Å². The van der Waals surface area contributed by atoms with Gasteiger partial charge in [-0.3, -0.25) is 0 Å². The molecule has 0 bridgehead atoms. The summed E-state index contributed by atoms with van der Waals surface area (Å²) in [6.45, 7) is 4.00. The summed E-state index contributed by atoms with van der Waals surface area (Å²) in [5, 5.41) is 8.36. The van der Waals surface area contributed by atoms with E-state index in [0.717, 1.165) is 32.0 Å². The van der Waals surface area contributed by atoms with Crippen molar-refractivity contribution < 1.29 is 4.74 Å². The lowest BCUT2D eigenvalue weighted by Crippen LogP contribution is -2.19. The van der Waals surface area contributed by atoms with Gasteiger partial charge in [-0.2, -0.15) is 5.26 Å². The van der Waals surface area contributed by atoms with Gasteiger partial charge in [0.15, 0.2) is 0 Å². The highest BCUT2D eigenvalue weighted by Crippen LogP contribution is 2.24. The van der Waals surface area contributed by atoms with Gasteiger partial charge in [0.2, 0.25) is 0 Å². The van der Waals surface area contributed by atoms with Crippen LogP contribution < -0.4 is 0 Å². The highest BCUT2D eigenvalue weighted by Gasteiger charge is 2.17. The Kier molecular flexibility index (Phi) is 6.11. The van der Waals surface area contributed by atoms with Crippen LogP contribution in [0, 0.1) is 23.2 Å². The van der Waals surface area contributed by atoms with Gasteiger partial charge in [0, 0.05) is 19.6 Å². The zero-order valence-corrected chi connectivity index (χ0v) is 9.61. The average Bonchev–Trinajstić information content (AvgIpc) is 2.25. The molecule has 0 heterocycles. The monoisotopic (exact) mass is 207 g/mol. The summed E-state index contributed by atoms with van der Waals surface area (Å²) in [4.78, 5) is 0. The Labute approximate surface area is 92.9 Å². The first-order valence-electron chi connectivity index (χ1n) is 5.94. The van der Waals surface area contributed by atoms with Gasteiger partial charge in [-0.1, -0.05) is 19.1 Å². The van der Waals surface area contributed by atoms with Gasteiger partial charge in [0.25, 0.3) is 0 Å². The van der Waals surface area contributed by atoms with Crippen molar-refractivity contribution in [2.24, 2.45) is 11.8 Å². The number of ether oxygens (including phenoxy) is 1. The summed E-state index contributed by atoms with van der Waals surface area (Å²) in [5.74, 6) is 1.46. The maximum absolute atomic E-state index is 8.36. The third-order valence-corrected chi connectivity index (χ3v) is 3.08. The Bertz CT molecular complexity index is 229. The van der Waals surface area contributed by atoms with Crippen molar-refractivity contribution in [1.82, 2.24) is 0 Å². The summed E-state index contributed by atoms with van der Waals surface area (Å²) in [7, 11) is 0. The molecule has 2 heteroatoms. The maximum Gasteiger partial charge on any atom is 0.0621 e. The Balaban J connectivity index is 2.00. The molecule has 0 radical (unpaired) electrons. The molecule has 0 spiro atoms. The SMILES string of the molecule is CC1CC=CCC1COCCCCC#N. The zero-order chi connectivity index (χ0) is 10.9. The number of rotatable bonds is 6. The van der Waals surface area contributed by atoms with Crippen LogP contribution in [0.15, 0.2) is 12.2 Å². The van der Waals surface area contributed by atoms with E-state index in [1.807, 2.05) is 0 Å². The summed E-state index contributed by atoms with van der Waals surface area (Å²) in [6, 6.07) is 2.15. The van der Waals surface area contributed by atoms with Gasteiger partial charge in [0.05, 0.1) is 6.07 Å². The van der Waals surface area contributed by atoms with Gasteiger partial charge in [-0.15, -0.1) is 0 Å². The quantitative estimate of drug-likeness (QED) is 0.494. The molecule has 84 valence electrons. The smallest absolute Gasteiger partial charge is 0.0621 e. The standard InChI is InChI=1S/C13H21NO/c1-12-7-3-4-8-13(12)11-15-10-6-2-5-9-14/h3-4,12-13H,2,5-8,10-11H2,1H3. The zero-order valence-electron chi connectivity index (χ0n) is 9.61. The summed E-state index contributed by atoms with van der Waals surface area (Å²) < 4.78 is 5.65. The number of nitriles is 1. The second-order valence-corrected chi connectivity index (χ2v) is 4.37. The Morgan fingerprint density at radius 1 is 1.33 bits per heavy atom. The van der Waals surface area contributed by atoms with E-state index in [0.29, 0.717) is 12.3 Å². The summed E-state index contributed by atoms with van der Waals surface area (Å²) in [6.07, 6.45) is 9.55. The number of unbranched alkanes of at least 4 members (excludes halogenated alkanes) is 2. The first kappa shape index (κ1) is 12.3. The van der Waals surface area contributed by atoms with Gasteiger partial charge in [0.1, 0.15) is 0 Å². The molecule has 0 fully saturated rings. The molecule has 0 aliphatic heterocycles. The van der Waals surface area contributed by atoms with Gasteiger partial charge in [-0.05, 0) is 37.5 Å². The lowest BCUT2D eigenvalue weighted by atomic mass is 9.85. The fourth-order valence-electron chi connectivity index (χ4n) is 1.88. The molecular formula is C13H21NO. The Morgan fingerprint density at radius 2 is 2.13 bits per heavy atom. The predicted molar refractivity (Wildman–Crippen MR) is 61.3 cm³/mol. The summed E-state index contributed by atoms with van der Waals surface area (Å²) in [5.41, 5.74) is 0. The highest BCUT2D eigenvalue weighted by atomic mass is 16.5. The van der Waals surface area contributed by atoms with Crippen molar-refractivity contribution in [2.75, 3.05) is 13.2 Å². The first-order valence-corrected chi connectivity index (χ1v) is 5.94. The van der Waals surface area contributed by atoms with Crippen molar-refractivity contribution >= 4 is 0 Å². The van der Waals surface area contributed by atoms with Crippen molar-refractivity contribution in [3.05, 3.63) is 12.2 Å². The molecule has 2 nitrogen and oxygen atoms in total. The molecule has 1 aliphatic carbocycles. The third kappa shape index (κ3) is 4.99. The van der Waals surface area contributed by atoms with Crippen LogP contribution >= 0.6 is 0 Å². The van der Waals surface area contributed by atoms with E-state index >= 15 is 0 Å².